The van der Waals surface area contributed by atoms with Crippen LogP contribution in [0.3, 0.4) is 0 Å². The zero-order valence-electron chi connectivity index (χ0n) is 11.8. The lowest BCUT2D eigenvalue weighted by molar-refractivity contribution is 0.105. The van der Waals surface area contributed by atoms with Crippen LogP contribution in [0.5, 0.6) is 5.75 Å². The van der Waals surface area contributed by atoms with Gasteiger partial charge in [0.2, 0.25) is 0 Å². The number of ether oxygens (including phenoxy) is 1. The molecule has 0 heterocycles. The SMILES string of the molecule is CC(C)NC[C@@H](O)COc1ccc(Br)c2ccccc12. The Morgan fingerprint density at radius 2 is 1.85 bits per heavy atom. The molecule has 0 amide bonds. The minimum Gasteiger partial charge on any atom is -0.490 e. The van der Waals surface area contributed by atoms with Crippen LogP contribution in [-0.4, -0.2) is 30.4 Å². The highest BCUT2D eigenvalue weighted by Gasteiger charge is 2.09. The maximum absolute atomic E-state index is 9.89. The number of halogens is 1. The molecular formula is C16H20BrNO2. The quantitative estimate of drug-likeness (QED) is 0.849. The van der Waals surface area contributed by atoms with Crippen molar-refractivity contribution in [3.63, 3.8) is 0 Å². The molecule has 20 heavy (non-hydrogen) atoms. The molecule has 0 saturated carbocycles. The van der Waals surface area contributed by atoms with Crippen molar-refractivity contribution in [2.45, 2.75) is 26.0 Å². The van der Waals surface area contributed by atoms with Crippen LogP contribution in [0.4, 0.5) is 0 Å². The molecule has 2 aromatic rings. The van der Waals surface area contributed by atoms with Crippen molar-refractivity contribution in [1.29, 1.82) is 0 Å². The summed E-state index contributed by atoms with van der Waals surface area (Å²) in [5.41, 5.74) is 0. The van der Waals surface area contributed by atoms with Crippen LogP contribution in [0.2, 0.25) is 0 Å². The summed E-state index contributed by atoms with van der Waals surface area (Å²) < 4.78 is 6.80. The largest absolute Gasteiger partial charge is 0.490 e. The second kappa shape index (κ2) is 7.07. The molecule has 2 aromatic carbocycles. The van der Waals surface area contributed by atoms with E-state index in [9.17, 15) is 5.11 Å². The van der Waals surface area contributed by atoms with E-state index in [1.54, 1.807) is 0 Å². The van der Waals surface area contributed by atoms with Crippen molar-refractivity contribution in [2.75, 3.05) is 13.2 Å². The first-order chi connectivity index (χ1) is 9.58. The maximum Gasteiger partial charge on any atom is 0.127 e. The van der Waals surface area contributed by atoms with E-state index in [0.29, 0.717) is 12.6 Å². The van der Waals surface area contributed by atoms with Gasteiger partial charge in [-0.1, -0.05) is 54.0 Å². The molecule has 0 aliphatic heterocycles. The first kappa shape index (κ1) is 15.3. The van der Waals surface area contributed by atoms with Crippen molar-refractivity contribution in [1.82, 2.24) is 5.32 Å². The smallest absolute Gasteiger partial charge is 0.127 e. The normalized spacial score (nSPS) is 12.8. The number of hydrogen-bond acceptors (Lipinski definition) is 3. The average Bonchev–Trinajstić information content (AvgIpc) is 2.45. The summed E-state index contributed by atoms with van der Waals surface area (Å²) in [6.07, 6.45) is -0.514. The monoisotopic (exact) mass is 337 g/mol. The fraction of sp³-hybridized carbons (Fsp3) is 0.375. The number of hydrogen-bond donors (Lipinski definition) is 2. The van der Waals surface area contributed by atoms with E-state index in [1.807, 2.05) is 36.4 Å². The Morgan fingerprint density at radius 3 is 2.55 bits per heavy atom. The Kier molecular flexibility index (Phi) is 5.40. The Morgan fingerprint density at radius 1 is 1.15 bits per heavy atom. The Hall–Kier alpha value is -1.10. The fourth-order valence-electron chi connectivity index (χ4n) is 1.98. The molecule has 0 unspecified atom stereocenters. The minimum absolute atomic E-state index is 0.283. The summed E-state index contributed by atoms with van der Waals surface area (Å²) in [7, 11) is 0. The first-order valence-corrected chi connectivity index (χ1v) is 7.58. The van der Waals surface area contributed by atoms with Gasteiger partial charge in [0.05, 0.1) is 0 Å². The number of aliphatic hydroxyl groups excluding tert-OH is 1. The van der Waals surface area contributed by atoms with E-state index >= 15 is 0 Å². The third-order valence-electron chi connectivity index (χ3n) is 3.02. The van der Waals surface area contributed by atoms with Crippen LogP contribution >= 0.6 is 15.9 Å². The highest BCUT2D eigenvalue weighted by atomic mass is 79.9. The van der Waals surface area contributed by atoms with Crippen molar-refractivity contribution in [3.8, 4) is 5.75 Å². The maximum atomic E-state index is 9.89. The van der Waals surface area contributed by atoms with Crippen LogP contribution in [0, 0.1) is 0 Å². The van der Waals surface area contributed by atoms with Crippen molar-refractivity contribution in [2.24, 2.45) is 0 Å². The summed E-state index contributed by atoms with van der Waals surface area (Å²) in [6.45, 7) is 4.92. The molecule has 4 heteroatoms. The van der Waals surface area contributed by atoms with Gasteiger partial charge >= 0.3 is 0 Å². The molecule has 3 nitrogen and oxygen atoms in total. The Bertz CT molecular complexity index is 571. The fourth-order valence-corrected chi connectivity index (χ4v) is 2.46. The van der Waals surface area contributed by atoms with Gasteiger partial charge in [0.25, 0.3) is 0 Å². The summed E-state index contributed by atoms with van der Waals surface area (Å²) in [5.74, 6) is 0.799. The van der Waals surface area contributed by atoms with Gasteiger partial charge in [0.15, 0.2) is 0 Å². The second-order valence-electron chi connectivity index (χ2n) is 5.12. The first-order valence-electron chi connectivity index (χ1n) is 6.79. The zero-order chi connectivity index (χ0) is 14.5. The summed E-state index contributed by atoms with van der Waals surface area (Å²) >= 11 is 3.54. The Balaban J connectivity index is 2.05. The van der Waals surface area contributed by atoms with Gasteiger partial charge in [-0.25, -0.2) is 0 Å². The van der Waals surface area contributed by atoms with Crippen molar-refractivity contribution >= 4 is 26.7 Å². The predicted molar refractivity (Wildman–Crippen MR) is 86.3 cm³/mol. The van der Waals surface area contributed by atoms with E-state index in [1.165, 1.54) is 0 Å². The molecule has 0 aliphatic rings. The van der Waals surface area contributed by atoms with Crippen LogP contribution < -0.4 is 10.1 Å². The third kappa shape index (κ3) is 3.95. The molecule has 0 fully saturated rings. The van der Waals surface area contributed by atoms with Gasteiger partial charge in [0, 0.05) is 22.4 Å². The van der Waals surface area contributed by atoms with Gasteiger partial charge in [-0.05, 0) is 17.5 Å². The second-order valence-corrected chi connectivity index (χ2v) is 5.97. The molecule has 0 bridgehead atoms. The van der Waals surface area contributed by atoms with Gasteiger partial charge in [-0.15, -0.1) is 0 Å². The van der Waals surface area contributed by atoms with Gasteiger partial charge < -0.3 is 15.2 Å². The molecule has 2 rings (SSSR count). The van der Waals surface area contributed by atoms with E-state index in [4.69, 9.17) is 4.74 Å². The molecule has 0 saturated heterocycles. The summed E-state index contributed by atoms with van der Waals surface area (Å²) in [6, 6.07) is 12.3. The molecule has 0 spiro atoms. The van der Waals surface area contributed by atoms with Gasteiger partial charge in [0.1, 0.15) is 18.5 Å². The van der Waals surface area contributed by atoms with E-state index in [2.05, 4.69) is 35.1 Å². The molecule has 0 radical (unpaired) electrons. The lowest BCUT2D eigenvalue weighted by Gasteiger charge is -2.16. The topological polar surface area (TPSA) is 41.5 Å². The lowest BCUT2D eigenvalue weighted by atomic mass is 10.1. The van der Waals surface area contributed by atoms with Gasteiger partial charge in [-0.2, -0.15) is 0 Å². The van der Waals surface area contributed by atoms with Crippen LogP contribution in [-0.2, 0) is 0 Å². The van der Waals surface area contributed by atoms with E-state index < -0.39 is 6.10 Å². The van der Waals surface area contributed by atoms with Crippen molar-refractivity contribution in [3.05, 3.63) is 40.9 Å². The van der Waals surface area contributed by atoms with Crippen LogP contribution in [0.15, 0.2) is 40.9 Å². The van der Waals surface area contributed by atoms with Gasteiger partial charge in [-0.3, -0.25) is 0 Å². The molecular weight excluding hydrogens is 318 g/mol. The molecule has 2 N–H and O–H groups in total. The zero-order valence-corrected chi connectivity index (χ0v) is 13.4. The van der Waals surface area contributed by atoms with Crippen molar-refractivity contribution < 1.29 is 9.84 Å². The third-order valence-corrected chi connectivity index (χ3v) is 3.72. The lowest BCUT2D eigenvalue weighted by Crippen LogP contribution is -2.35. The predicted octanol–water partition coefficient (Wildman–Crippen LogP) is 3.34. The average molecular weight is 338 g/mol. The number of nitrogens with one attached hydrogen (secondary N) is 1. The van der Waals surface area contributed by atoms with Crippen LogP contribution in [0.1, 0.15) is 13.8 Å². The number of benzene rings is 2. The summed E-state index contributed by atoms with van der Waals surface area (Å²) in [4.78, 5) is 0. The molecule has 1 atom stereocenters. The number of fused-ring (bicyclic) bond motifs is 1. The summed E-state index contributed by atoms with van der Waals surface area (Å²) in [5, 5.41) is 15.2. The molecule has 0 aromatic heterocycles. The van der Waals surface area contributed by atoms with E-state index in [0.717, 1.165) is 21.0 Å². The standard InChI is InChI=1S/C16H20BrNO2/c1-11(2)18-9-12(19)10-20-16-8-7-15(17)13-5-3-4-6-14(13)16/h3-8,11-12,18-19H,9-10H2,1-2H3/t12-/m1/s1. The number of aliphatic hydroxyl groups is 1. The molecule has 0 aliphatic carbocycles. The highest BCUT2D eigenvalue weighted by Crippen LogP contribution is 2.31. The Labute approximate surface area is 128 Å². The van der Waals surface area contributed by atoms with Crippen LogP contribution in [0.25, 0.3) is 10.8 Å². The molecule has 108 valence electrons. The van der Waals surface area contributed by atoms with E-state index in [-0.39, 0.29) is 6.61 Å². The number of rotatable bonds is 6. The minimum atomic E-state index is -0.514. The highest BCUT2D eigenvalue weighted by molar-refractivity contribution is 9.10.